The first-order chi connectivity index (χ1) is 10.8. The molecule has 0 aliphatic carbocycles. The van der Waals surface area contributed by atoms with Crippen molar-refractivity contribution < 1.29 is 9.47 Å². The fourth-order valence-electron chi connectivity index (χ4n) is 2.01. The van der Waals surface area contributed by atoms with E-state index < -0.39 is 0 Å². The highest BCUT2D eigenvalue weighted by molar-refractivity contribution is 5.88. The molecule has 0 N–H and O–H groups in total. The van der Waals surface area contributed by atoms with Crippen molar-refractivity contribution in [3.8, 4) is 17.6 Å². The highest BCUT2D eigenvalue weighted by Gasteiger charge is 2.07. The second-order valence-corrected chi connectivity index (χ2v) is 4.46. The van der Waals surface area contributed by atoms with Crippen LogP contribution in [0.2, 0.25) is 0 Å². The standard InChI is InChI=1S/C18H18N2O2/c1-3-21-17-9-8-14(12-18(17)22-4-2)11-15(13-19)16-7-5-6-10-20-16/h5-12H,3-4H2,1-2H3/b15-11-. The molecule has 2 aromatic rings. The van der Waals surface area contributed by atoms with Gasteiger partial charge < -0.3 is 9.47 Å². The summed E-state index contributed by atoms with van der Waals surface area (Å²) in [7, 11) is 0. The molecule has 22 heavy (non-hydrogen) atoms. The van der Waals surface area contributed by atoms with Crippen LogP contribution in [0.25, 0.3) is 11.6 Å². The van der Waals surface area contributed by atoms with Crippen molar-refractivity contribution in [2.24, 2.45) is 0 Å². The fourth-order valence-corrected chi connectivity index (χ4v) is 2.01. The minimum atomic E-state index is 0.507. The van der Waals surface area contributed by atoms with Crippen LogP contribution in [0.5, 0.6) is 11.5 Å². The van der Waals surface area contributed by atoms with Gasteiger partial charge in [0.2, 0.25) is 0 Å². The zero-order valence-corrected chi connectivity index (χ0v) is 12.7. The van der Waals surface area contributed by atoms with Crippen molar-refractivity contribution in [3.63, 3.8) is 0 Å². The Labute approximate surface area is 130 Å². The molecule has 4 nitrogen and oxygen atoms in total. The van der Waals surface area contributed by atoms with Crippen molar-refractivity contribution in [3.05, 3.63) is 53.9 Å². The number of nitriles is 1. The van der Waals surface area contributed by atoms with Gasteiger partial charge in [0.1, 0.15) is 6.07 Å². The highest BCUT2D eigenvalue weighted by atomic mass is 16.5. The summed E-state index contributed by atoms with van der Waals surface area (Å²) in [6.45, 7) is 4.98. The van der Waals surface area contributed by atoms with Gasteiger partial charge in [-0.05, 0) is 49.8 Å². The predicted molar refractivity (Wildman–Crippen MR) is 86.5 cm³/mol. The Morgan fingerprint density at radius 3 is 2.55 bits per heavy atom. The summed E-state index contributed by atoms with van der Waals surface area (Å²) in [5.74, 6) is 1.38. The van der Waals surface area contributed by atoms with Gasteiger partial charge in [-0.3, -0.25) is 4.98 Å². The molecule has 0 atom stereocenters. The second-order valence-electron chi connectivity index (χ2n) is 4.46. The van der Waals surface area contributed by atoms with E-state index in [4.69, 9.17) is 9.47 Å². The Hall–Kier alpha value is -2.80. The Morgan fingerprint density at radius 1 is 1.14 bits per heavy atom. The van der Waals surface area contributed by atoms with Gasteiger partial charge in [-0.1, -0.05) is 12.1 Å². The van der Waals surface area contributed by atoms with Crippen molar-refractivity contribution >= 4 is 11.6 Å². The van der Waals surface area contributed by atoms with E-state index in [9.17, 15) is 5.26 Å². The van der Waals surface area contributed by atoms with Crippen molar-refractivity contribution in [1.29, 1.82) is 5.26 Å². The van der Waals surface area contributed by atoms with Crippen LogP contribution in [-0.4, -0.2) is 18.2 Å². The van der Waals surface area contributed by atoms with Crippen LogP contribution < -0.4 is 9.47 Å². The molecule has 2 rings (SSSR count). The number of hydrogen-bond donors (Lipinski definition) is 0. The first-order valence-electron chi connectivity index (χ1n) is 7.21. The number of allylic oxidation sites excluding steroid dienone is 1. The third kappa shape index (κ3) is 3.86. The summed E-state index contributed by atoms with van der Waals surface area (Å²) in [6, 6.07) is 13.3. The molecular weight excluding hydrogens is 276 g/mol. The molecule has 0 amide bonds. The van der Waals surface area contributed by atoms with Crippen LogP contribution in [0.4, 0.5) is 0 Å². The van der Waals surface area contributed by atoms with E-state index in [-0.39, 0.29) is 0 Å². The summed E-state index contributed by atoms with van der Waals surface area (Å²) in [4.78, 5) is 4.21. The number of rotatable bonds is 6. The maximum atomic E-state index is 9.34. The van der Waals surface area contributed by atoms with E-state index >= 15 is 0 Å². The van der Waals surface area contributed by atoms with E-state index in [0.29, 0.717) is 36.0 Å². The molecule has 0 unspecified atom stereocenters. The van der Waals surface area contributed by atoms with Crippen LogP contribution in [0.3, 0.4) is 0 Å². The van der Waals surface area contributed by atoms with Crippen LogP contribution in [0.15, 0.2) is 42.6 Å². The number of benzene rings is 1. The minimum absolute atomic E-state index is 0.507. The monoisotopic (exact) mass is 294 g/mol. The molecule has 1 aromatic heterocycles. The summed E-state index contributed by atoms with van der Waals surface area (Å²) >= 11 is 0. The Bertz CT molecular complexity index is 688. The topological polar surface area (TPSA) is 55.1 Å². The minimum Gasteiger partial charge on any atom is -0.490 e. The Morgan fingerprint density at radius 2 is 1.91 bits per heavy atom. The largest absolute Gasteiger partial charge is 0.490 e. The molecular formula is C18H18N2O2. The van der Waals surface area contributed by atoms with E-state index in [1.54, 1.807) is 12.3 Å². The third-order valence-electron chi connectivity index (χ3n) is 2.94. The summed E-state index contributed by atoms with van der Waals surface area (Å²) in [6.07, 6.45) is 3.46. The SMILES string of the molecule is CCOc1ccc(/C=C(/C#N)c2ccccn2)cc1OCC. The maximum Gasteiger partial charge on any atom is 0.161 e. The molecule has 112 valence electrons. The lowest BCUT2D eigenvalue weighted by Crippen LogP contribution is -1.98. The molecule has 0 bridgehead atoms. The van der Waals surface area contributed by atoms with Gasteiger partial charge in [-0.15, -0.1) is 0 Å². The van der Waals surface area contributed by atoms with Crippen molar-refractivity contribution in [1.82, 2.24) is 4.98 Å². The van der Waals surface area contributed by atoms with Crippen molar-refractivity contribution in [2.75, 3.05) is 13.2 Å². The lowest BCUT2D eigenvalue weighted by Gasteiger charge is -2.11. The van der Waals surface area contributed by atoms with Gasteiger partial charge in [-0.25, -0.2) is 0 Å². The Balaban J connectivity index is 2.37. The Kier molecular flexibility index (Phi) is 5.56. The maximum absolute atomic E-state index is 9.34. The molecule has 0 fully saturated rings. The number of hydrogen-bond acceptors (Lipinski definition) is 4. The summed E-state index contributed by atoms with van der Waals surface area (Å²) in [5.41, 5.74) is 2.03. The van der Waals surface area contributed by atoms with E-state index in [1.807, 2.05) is 50.2 Å². The molecule has 0 spiro atoms. The quantitative estimate of drug-likeness (QED) is 0.757. The molecule has 0 saturated carbocycles. The summed E-state index contributed by atoms with van der Waals surface area (Å²) < 4.78 is 11.1. The number of ether oxygens (including phenoxy) is 2. The van der Waals surface area contributed by atoms with E-state index in [1.165, 1.54) is 0 Å². The molecule has 0 aliphatic rings. The summed E-state index contributed by atoms with van der Waals surface area (Å²) in [5, 5.41) is 9.34. The van der Waals surface area contributed by atoms with Gasteiger partial charge in [0.05, 0.1) is 24.5 Å². The molecule has 0 radical (unpaired) electrons. The third-order valence-corrected chi connectivity index (χ3v) is 2.94. The normalized spacial score (nSPS) is 10.9. The highest BCUT2D eigenvalue weighted by Crippen LogP contribution is 2.30. The fraction of sp³-hybridized carbons (Fsp3) is 0.222. The zero-order chi connectivity index (χ0) is 15.8. The number of pyridine rings is 1. The number of aromatic nitrogens is 1. The molecule has 1 aromatic carbocycles. The van der Waals surface area contributed by atoms with Gasteiger partial charge in [0, 0.05) is 6.20 Å². The predicted octanol–water partition coefficient (Wildman–Crippen LogP) is 3.94. The smallest absolute Gasteiger partial charge is 0.161 e. The van der Waals surface area contributed by atoms with Gasteiger partial charge in [-0.2, -0.15) is 5.26 Å². The lowest BCUT2D eigenvalue weighted by molar-refractivity contribution is 0.287. The van der Waals surface area contributed by atoms with Crippen LogP contribution in [0.1, 0.15) is 25.1 Å². The molecule has 0 aliphatic heterocycles. The van der Waals surface area contributed by atoms with E-state index in [2.05, 4.69) is 11.1 Å². The first kappa shape index (κ1) is 15.6. The second kappa shape index (κ2) is 7.84. The van der Waals surface area contributed by atoms with E-state index in [0.717, 1.165) is 5.56 Å². The average molecular weight is 294 g/mol. The lowest BCUT2D eigenvalue weighted by atomic mass is 10.1. The van der Waals surface area contributed by atoms with Gasteiger partial charge >= 0.3 is 0 Å². The molecule has 0 saturated heterocycles. The van der Waals surface area contributed by atoms with Crippen molar-refractivity contribution in [2.45, 2.75) is 13.8 Å². The van der Waals surface area contributed by atoms with Crippen LogP contribution in [0, 0.1) is 11.3 Å². The zero-order valence-electron chi connectivity index (χ0n) is 12.7. The molecule has 1 heterocycles. The van der Waals surface area contributed by atoms with Crippen LogP contribution >= 0.6 is 0 Å². The number of nitrogens with zero attached hydrogens (tertiary/aromatic N) is 2. The van der Waals surface area contributed by atoms with Crippen LogP contribution in [-0.2, 0) is 0 Å². The first-order valence-corrected chi connectivity index (χ1v) is 7.21. The van der Waals surface area contributed by atoms with Gasteiger partial charge in [0.15, 0.2) is 11.5 Å². The average Bonchev–Trinajstić information content (AvgIpc) is 2.56. The van der Waals surface area contributed by atoms with Gasteiger partial charge in [0.25, 0.3) is 0 Å². The molecule has 4 heteroatoms.